The SMILES string of the molecule is CCS(=O)C1CCCC(NC(=NC)NCCCNc2ccccc2)C1.I. The van der Waals surface area contributed by atoms with Crippen LogP contribution in [0.1, 0.15) is 39.0 Å². The van der Waals surface area contributed by atoms with Crippen LogP contribution in [0.3, 0.4) is 0 Å². The van der Waals surface area contributed by atoms with Gasteiger partial charge in [-0.3, -0.25) is 9.20 Å². The van der Waals surface area contributed by atoms with Gasteiger partial charge in [-0.1, -0.05) is 31.5 Å². The Hall–Kier alpha value is -0.830. The summed E-state index contributed by atoms with van der Waals surface area (Å²) in [4.78, 5) is 4.33. The maximum atomic E-state index is 12.1. The van der Waals surface area contributed by atoms with Crippen molar-refractivity contribution < 1.29 is 4.21 Å². The summed E-state index contributed by atoms with van der Waals surface area (Å²) in [6.07, 6.45) is 5.37. The van der Waals surface area contributed by atoms with Crippen molar-refractivity contribution in [3.63, 3.8) is 0 Å². The second kappa shape index (κ2) is 13.4. The number of para-hydroxylation sites is 1. The van der Waals surface area contributed by atoms with E-state index in [0.717, 1.165) is 62.6 Å². The first-order valence-electron chi connectivity index (χ1n) is 9.36. The molecule has 5 nitrogen and oxygen atoms in total. The van der Waals surface area contributed by atoms with Gasteiger partial charge >= 0.3 is 0 Å². The summed E-state index contributed by atoms with van der Waals surface area (Å²) < 4.78 is 12.1. The summed E-state index contributed by atoms with van der Waals surface area (Å²) >= 11 is 0. The van der Waals surface area contributed by atoms with Gasteiger partial charge in [0, 0.05) is 53.7 Å². The average Bonchev–Trinajstić information content (AvgIpc) is 2.67. The van der Waals surface area contributed by atoms with Crippen molar-refractivity contribution >= 4 is 46.4 Å². The van der Waals surface area contributed by atoms with Crippen LogP contribution in [-0.4, -0.2) is 47.4 Å². The molecule has 1 aromatic carbocycles. The van der Waals surface area contributed by atoms with Crippen molar-refractivity contribution in [3.8, 4) is 0 Å². The number of guanidine groups is 1. The van der Waals surface area contributed by atoms with E-state index in [1.54, 1.807) is 0 Å². The van der Waals surface area contributed by atoms with Crippen LogP contribution in [0.15, 0.2) is 35.3 Å². The van der Waals surface area contributed by atoms with Crippen molar-refractivity contribution in [3.05, 3.63) is 30.3 Å². The van der Waals surface area contributed by atoms with Crippen molar-refractivity contribution in [1.29, 1.82) is 0 Å². The Morgan fingerprint density at radius 3 is 2.69 bits per heavy atom. The van der Waals surface area contributed by atoms with Crippen molar-refractivity contribution in [2.75, 3.05) is 31.2 Å². The highest BCUT2D eigenvalue weighted by atomic mass is 127. The molecule has 2 rings (SSSR count). The van der Waals surface area contributed by atoms with Gasteiger partial charge in [-0.2, -0.15) is 0 Å². The predicted octanol–water partition coefficient (Wildman–Crippen LogP) is 3.35. The summed E-state index contributed by atoms with van der Waals surface area (Å²) in [5.41, 5.74) is 1.15. The third kappa shape index (κ3) is 8.24. The first-order chi connectivity index (χ1) is 12.2. The van der Waals surface area contributed by atoms with Gasteiger partial charge in [-0.15, -0.1) is 24.0 Å². The van der Waals surface area contributed by atoms with E-state index < -0.39 is 10.8 Å². The lowest BCUT2D eigenvalue weighted by Crippen LogP contribution is -2.47. The number of hydrogen-bond acceptors (Lipinski definition) is 3. The maximum absolute atomic E-state index is 12.1. The standard InChI is InChI=1S/C19H32N4OS.HI/c1-3-25(24)18-12-7-11-17(15-18)23-19(20-2)22-14-8-13-21-16-9-5-4-6-10-16;/h4-6,9-10,17-18,21H,3,7-8,11-15H2,1-2H3,(H2,20,22,23);1H. The van der Waals surface area contributed by atoms with E-state index in [0.29, 0.717) is 11.3 Å². The third-order valence-electron chi connectivity index (χ3n) is 4.60. The molecule has 26 heavy (non-hydrogen) atoms. The molecule has 148 valence electrons. The molecule has 1 fully saturated rings. The second-order valence-corrected chi connectivity index (χ2v) is 8.45. The topological polar surface area (TPSA) is 65.5 Å². The van der Waals surface area contributed by atoms with E-state index in [4.69, 9.17) is 0 Å². The van der Waals surface area contributed by atoms with Gasteiger partial charge in [-0.05, 0) is 37.8 Å². The highest BCUT2D eigenvalue weighted by Gasteiger charge is 2.25. The van der Waals surface area contributed by atoms with E-state index in [9.17, 15) is 4.21 Å². The van der Waals surface area contributed by atoms with E-state index in [-0.39, 0.29) is 24.0 Å². The van der Waals surface area contributed by atoms with Crippen LogP contribution >= 0.6 is 24.0 Å². The van der Waals surface area contributed by atoms with Crippen LogP contribution in [0.5, 0.6) is 0 Å². The van der Waals surface area contributed by atoms with Crippen molar-refractivity contribution in [2.45, 2.75) is 50.3 Å². The minimum Gasteiger partial charge on any atom is -0.385 e. The number of benzene rings is 1. The number of rotatable bonds is 8. The fraction of sp³-hybridized carbons (Fsp3) is 0.632. The molecule has 0 amide bonds. The van der Waals surface area contributed by atoms with Gasteiger partial charge < -0.3 is 16.0 Å². The quantitative estimate of drug-likeness (QED) is 0.226. The summed E-state index contributed by atoms with van der Waals surface area (Å²) in [6, 6.07) is 10.6. The number of anilines is 1. The largest absolute Gasteiger partial charge is 0.385 e. The van der Waals surface area contributed by atoms with Crippen LogP contribution in [0.25, 0.3) is 0 Å². The van der Waals surface area contributed by atoms with Crippen molar-refractivity contribution in [2.24, 2.45) is 4.99 Å². The highest BCUT2D eigenvalue weighted by Crippen LogP contribution is 2.22. The molecule has 0 aliphatic heterocycles. The molecule has 1 aromatic rings. The molecule has 3 N–H and O–H groups in total. The molecule has 0 saturated heterocycles. The Labute approximate surface area is 177 Å². The molecule has 0 heterocycles. The molecule has 7 heteroatoms. The zero-order valence-corrected chi connectivity index (χ0v) is 19.0. The number of nitrogens with one attached hydrogen (secondary N) is 3. The fourth-order valence-corrected chi connectivity index (χ4v) is 4.57. The second-order valence-electron chi connectivity index (χ2n) is 6.44. The predicted molar refractivity (Wildman–Crippen MR) is 124 cm³/mol. The normalized spacial score (nSPS) is 21.4. The van der Waals surface area contributed by atoms with Crippen LogP contribution in [0, 0.1) is 0 Å². The molecule has 0 aromatic heterocycles. The van der Waals surface area contributed by atoms with Gasteiger partial charge in [0.25, 0.3) is 0 Å². The zero-order valence-electron chi connectivity index (χ0n) is 15.9. The van der Waals surface area contributed by atoms with Crippen LogP contribution in [0.2, 0.25) is 0 Å². The van der Waals surface area contributed by atoms with E-state index >= 15 is 0 Å². The van der Waals surface area contributed by atoms with Crippen molar-refractivity contribution in [1.82, 2.24) is 10.6 Å². The van der Waals surface area contributed by atoms with E-state index in [2.05, 4.69) is 33.1 Å². The summed E-state index contributed by atoms with van der Waals surface area (Å²) in [6.45, 7) is 3.81. The number of hydrogen-bond donors (Lipinski definition) is 3. The lowest BCUT2D eigenvalue weighted by atomic mass is 9.95. The molecule has 3 unspecified atom stereocenters. The van der Waals surface area contributed by atoms with Crippen LogP contribution < -0.4 is 16.0 Å². The monoisotopic (exact) mass is 492 g/mol. The fourth-order valence-electron chi connectivity index (χ4n) is 3.22. The first-order valence-corrected chi connectivity index (χ1v) is 10.7. The lowest BCUT2D eigenvalue weighted by Gasteiger charge is -2.30. The molecule has 1 saturated carbocycles. The highest BCUT2D eigenvalue weighted by molar-refractivity contribution is 14.0. The molecule has 1 aliphatic carbocycles. The Bertz CT molecular complexity index is 556. The van der Waals surface area contributed by atoms with Gasteiger partial charge in [0.15, 0.2) is 5.96 Å². The Kier molecular flexibility index (Phi) is 11.9. The van der Waals surface area contributed by atoms with Gasteiger partial charge in [0.1, 0.15) is 0 Å². The smallest absolute Gasteiger partial charge is 0.191 e. The van der Waals surface area contributed by atoms with Crippen LogP contribution in [0.4, 0.5) is 5.69 Å². The van der Waals surface area contributed by atoms with Gasteiger partial charge in [0.2, 0.25) is 0 Å². The van der Waals surface area contributed by atoms with E-state index in [1.165, 1.54) is 0 Å². The molecule has 0 bridgehead atoms. The Balaban J connectivity index is 0.00000338. The summed E-state index contributed by atoms with van der Waals surface area (Å²) in [5, 5.41) is 10.6. The molecule has 0 spiro atoms. The molecule has 3 atom stereocenters. The Morgan fingerprint density at radius 2 is 2.00 bits per heavy atom. The minimum absolute atomic E-state index is 0. The summed E-state index contributed by atoms with van der Waals surface area (Å²) in [5.74, 6) is 1.62. The molecule has 1 aliphatic rings. The van der Waals surface area contributed by atoms with Gasteiger partial charge in [0.05, 0.1) is 0 Å². The first kappa shape index (κ1) is 23.2. The molecular formula is C19H33IN4OS. The average molecular weight is 492 g/mol. The Morgan fingerprint density at radius 1 is 1.23 bits per heavy atom. The molecular weight excluding hydrogens is 459 g/mol. The third-order valence-corrected chi connectivity index (χ3v) is 6.34. The minimum atomic E-state index is -0.686. The number of halogens is 1. The van der Waals surface area contributed by atoms with Crippen LogP contribution in [-0.2, 0) is 10.8 Å². The maximum Gasteiger partial charge on any atom is 0.191 e. The van der Waals surface area contributed by atoms with Gasteiger partial charge in [-0.25, -0.2) is 0 Å². The number of aliphatic imine (C=N–C) groups is 1. The molecule has 0 radical (unpaired) electrons. The summed E-state index contributed by atoms with van der Waals surface area (Å²) in [7, 11) is 1.12. The van der Waals surface area contributed by atoms with E-state index in [1.807, 2.05) is 32.2 Å². The number of nitrogens with zero attached hydrogens (tertiary/aromatic N) is 1. The lowest BCUT2D eigenvalue weighted by molar-refractivity contribution is 0.413. The zero-order chi connectivity index (χ0) is 17.9.